The fraction of sp³-hybridized carbons (Fsp3) is 0.261. The maximum Gasteiger partial charge on any atom is 0.318 e. The van der Waals surface area contributed by atoms with E-state index < -0.39 is 32.4 Å². The molecule has 0 saturated carbocycles. The standard InChI is InChI=1S/C23H20N4O9S/c1-35-18-6-4-5-14(21(18)36-17-8-7-15(26(31)32)12-16(17)27(33)34)11-19-22(29)25(23(30)37-19)13-20(28)24-9-2-3-10-24/h4-8,11-12H,2-3,9-10,13H2,1H3/b19-11+. The summed E-state index contributed by atoms with van der Waals surface area (Å²) in [5.41, 5.74) is -0.883. The van der Waals surface area contributed by atoms with Gasteiger partial charge in [-0.15, -0.1) is 0 Å². The van der Waals surface area contributed by atoms with Crippen molar-refractivity contribution in [2.75, 3.05) is 26.7 Å². The summed E-state index contributed by atoms with van der Waals surface area (Å²) in [5, 5.41) is 22.0. The molecule has 0 radical (unpaired) electrons. The van der Waals surface area contributed by atoms with Gasteiger partial charge in [0.25, 0.3) is 16.8 Å². The second-order valence-corrected chi connectivity index (χ2v) is 9.00. The maximum absolute atomic E-state index is 13.0. The van der Waals surface area contributed by atoms with Crippen LogP contribution >= 0.6 is 11.8 Å². The molecule has 2 fully saturated rings. The normalized spacial score (nSPS) is 16.4. The number of methoxy groups -OCH3 is 1. The lowest BCUT2D eigenvalue weighted by Gasteiger charge is -2.18. The van der Waals surface area contributed by atoms with Gasteiger partial charge < -0.3 is 14.4 Å². The molecule has 0 aliphatic carbocycles. The highest BCUT2D eigenvalue weighted by molar-refractivity contribution is 8.18. The Hall–Kier alpha value is -4.46. The second kappa shape index (κ2) is 10.7. The lowest BCUT2D eigenvalue weighted by atomic mass is 10.1. The highest BCUT2D eigenvalue weighted by Gasteiger charge is 2.37. The summed E-state index contributed by atoms with van der Waals surface area (Å²) < 4.78 is 11.1. The first-order valence-electron chi connectivity index (χ1n) is 11.0. The van der Waals surface area contributed by atoms with Crippen molar-refractivity contribution in [3.8, 4) is 17.2 Å². The van der Waals surface area contributed by atoms with Gasteiger partial charge in [-0.05, 0) is 42.8 Å². The molecule has 0 aromatic heterocycles. The molecular formula is C23H20N4O9S. The SMILES string of the molecule is COc1cccc(/C=C2/SC(=O)N(CC(=O)N3CCCC3)C2=O)c1Oc1ccc([N+](=O)[O-])cc1[N+](=O)[O-]. The summed E-state index contributed by atoms with van der Waals surface area (Å²) in [6, 6.07) is 7.56. The van der Waals surface area contributed by atoms with Gasteiger partial charge >= 0.3 is 5.69 Å². The number of hydrogen-bond acceptors (Lipinski definition) is 10. The Morgan fingerprint density at radius 2 is 1.81 bits per heavy atom. The van der Waals surface area contributed by atoms with Crippen molar-refractivity contribution in [2.24, 2.45) is 0 Å². The van der Waals surface area contributed by atoms with E-state index in [9.17, 15) is 34.6 Å². The summed E-state index contributed by atoms with van der Waals surface area (Å²) in [5.74, 6) is -1.11. The summed E-state index contributed by atoms with van der Waals surface area (Å²) in [7, 11) is 1.34. The summed E-state index contributed by atoms with van der Waals surface area (Å²) in [6.07, 6.45) is 3.11. The van der Waals surface area contributed by atoms with Crippen molar-refractivity contribution in [1.29, 1.82) is 0 Å². The van der Waals surface area contributed by atoms with Crippen molar-refractivity contribution in [3.63, 3.8) is 0 Å². The van der Waals surface area contributed by atoms with Gasteiger partial charge in [0.1, 0.15) is 6.54 Å². The number of amides is 3. The number of nitro benzene ring substituents is 2. The number of nitrogens with zero attached hydrogens (tertiary/aromatic N) is 4. The minimum Gasteiger partial charge on any atom is -0.493 e. The molecule has 0 atom stereocenters. The van der Waals surface area contributed by atoms with E-state index in [4.69, 9.17) is 9.47 Å². The zero-order chi connectivity index (χ0) is 26.7. The highest BCUT2D eigenvalue weighted by Crippen LogP contribution is 2.42. The smallest absolute Gasteiger partial charge is 0.318 e. The number of benzene rings is 2. The van der Waals surface area contributed by atoms with Gasteiger partial charge in [0.05, 0.1) is 27.9 Å². The van der Waals surface area contributed by atoms with Crippen LogP contribution in [0.1, 0.15) is 18.4 Å². The van der Waals surface area contributed by atoms with Crippen LogP contribution in [-0.4, -0.2) is 63.4 Å². The first-order valence-corrected chi connectivity index (χ1v) is 11.8. The zero-order valence-electron chi connectivity index (χ0n) is 19.4. The van der Waals surface area contributed by atoms with Gasteiger partial charge in [0.2, 0.25) is 11.7 Å². The lowest BCUT2D eigenvalue weighted by Crippen LogP contribution is -2.40. The molecule has 14 heteroatoms. The molecular weight excluding hydrogens is 508 g/mol. The Morgan fingerprint density at radius 1 is 1.08 bits per heavy atom. The predicted molar refractivity (Wildman–Crippen MR) is 131 cm³/mol. The number of non-ortho nitro benzene ring substituents is 1. The molecule has 0 unspecified atom stereocenters. The molecule has 13 nitrogen and oxygen atoms in total. The van der Waals surface area contributed by atoms with E-state index in [2.05, 4.69) is 0 Å². The molecule has 4 rings (SSSR count). The Kier molecular flexibility index (Phi) is 7.38. The number of para-hydroxylation sites is 1. The van der Waals surface area contributed by atoms with Crippen molar-refractivity contribution < 1.29 is 33.7 Å². The van der Waals surface area contributed by atoms with E-state index in [0.29, 0.717) is 24.9 Å². The third kappa shape index (κ3) is 5.38. The molecule has 0 bridgehead atoms. The average Bonchev–Trinajstić information content (AvgIpc) is 3.50. The number of imide groups is 1. The van der Waals surface area contributed by atoms with Crippen LogP contribution in [0.15, 0.2) is 41.3 Å². The Balaban J connectivity index is 1.65. The van der Waals surface area contributed by atoms with Crippen LogP contribution in [0.3, 0.4) is 0 Å². The van der Waals surface area contributed by atoms with E-state index in [-0.39, 0.29) is 40.2 Å². The Morgan fingerprint density at radius 3 is 2.46 bits per heavy atom. The maximum atomic E-state index is 13.0. The molecule has 2 aromatic rings. The van der Waals surface area contributed by atoms with E-state index in [1.165, 1.54) is 19.3 Å². The lowest BCUT2D eigenvalue weighted by molar-refractivity contribution is -0.394. The molecule has 2 heterocycles. The van der Waals surface area contributed by atoms with Crippen LogP contribution in [-0.2, 0) is 9.59 Å². The number of thioether (sulfide) groups is 1. The van der Waals surface area contributed by atoms with Crippen LogP contribution in [0, 0.1) is 20.2 Å². The number of hydrogen-bond donors (Lipinski definition) is 0. The van der Waals surface area contributed by atoms with E-state index in [1.54, 1.807) is 17.0 Å². The molecule has 192 valence electrons. The van der Waals surface area contributed by atoms with Crippen molar-refractivity contribution in [2.45, 2.75) is 12.8 Å². The molecule has 2 aliphatic heterocycles. The first-order chi connectivity index (χ1) is 17.7. The molecule has 0 spiro atoms. The van der Waals surface area contributed by atoms with Gasteiger partial charge in [-0.1, -0.05) is 12.1 Å². The number of nitro groups is 2. The summed E-state index contributed by atoms with van der Waals surface area (Å²) in [6.45, 7) is 0.812. The van der Waals surface area contributed by atoms with Crippen LogP contribution in [0.5, 0.6) is 17.2 Å². The summed E-state index contributed by atoms with van der Waals surface area (Å²) in [4.78, 5) is 61.4. The molecule has 3 amide bonds. The van der Waals surface area contributed by atoms with E-state index in [0.717, 1.165) is 35.9 Å². The van der Waals surface area contributed by atoms with Crippen LogP contribution in [0.2, 0.25) is 0 Å². The molecule has 2 aliphatic rings. The minimum absolute atomic E-state index is 0.0121. The number of likely N-dealkylation sites (tertiary alicyclic amines) is 1. The van der Waals surface area contributed by atoms with Gasteiger partial charge in [0, 0.05) is 24.7 Å². The van der Waals surface area contributed by atoms with E-state index in [1.807, 2.05) is 0 Å². The fourth-order valence-electron chi connectivity index (χ4n) is 3.85. The van der Waals surface area contributed by atoms with Crippen LogP contribution in [0.25, 0.3) is 6.08 Å². The molecule has 37 heavy (non-hydrogen) atoms. The minimum atomic E-state index is -0.819. The third-order valence-corrected chi connectivity index (χ3v) is 6.61. The molecule has 0 N–H and O–H groups in total. The topological polar surface area (TPSA) is 162 Å². The number of carbonyl (C=O) groups is 3. The van der Waals surface area contributed by atoms with Crippen LogP contribution < -0.4 is 9.47 Å². The highest BCUT2D eigenvalue weighted by atomic mass is 32.2. The fourth-order valence-corrected chi connectivity index (χ4v) is 4.68. The van der Waals surface area contributed by atoms with Crippen LogP contribution in [0.4, 0.5) is 16.2 Å². The predicted octanol–water partition coefficient (Wildman–Crippen LogP) is 3.96. The van der Waals surface area contributed by atoms with E-state index >= 15 is 0 Å². The van der Waals surface area contributed by atoms with Crippen molar-refractivity contribution in [3.05, 3.63) is 67.1 Å². The first kappa shape index (κ1) is 25.6. The largest absolute Gasteiger partial charge is 0.493 e. The zero-order valence-corrected chi connectivity index (χ0v) is 20.3. The van der Waals surface area contributed by atoms with Gasteiger partial charge in [-0.2, -0.15) is 0 Å². The molecule has 2 aromatic carbocycles. The van der Waals surface area contributed by atoms with Gasteiger partial charge in [0.15, 0.2) is 11.5 Å². The average molecular weight is 528 g/mol. The quantitative estimate of drug-likeness (QED) is 0.278. The number of ether oxygens (including phenoxy) is 2. The molecule has 2 saturated heterocycles. The Labute approximate surface area is 213 Å². The second-order valence-electron chi connectivity index (χ2n) is 8.00. The summed E-state index contributed by atoms with van der Waals surface area (Å²) >= 11 is 0.651. The van der Waals surface area contributed by atoms with Crippen molar-refractivity contribution >= 4 is 46.3 Å². The number of carbonyl (C=O) groups excluding carboxylic acids is 3. The van der Waals surface area contributed by atoms with Gasteiger partial charge in [-0.3, -0.25) is 39.5 Å². The number of rotatable bonds is 8. The Bertz CT molecular complexity index is 1340. The third-order valence-electron chi connectivity index (χ3n) is 5.70. The van der Waals surface area contributed by atoms with Crippen molar-refractivity contribution in [1.82, 2.24) is 9.80 Å². The monoisotopic (exact) mass is 528 g/mol. The van der Waals surface area contributed by atoms with Gasteiger partial charge in [-0.25, -0.2) is 0 Å².